The van der Waals surface area contributed by atoms with Gasteiger partial charge >= 0.3 is 13.6 Å². The molecule has 4 rings (SSSR count). The number of aliphatic carboxylic acids is 1. The van der Waals surface area contributed by atoms with Gasteiger partial charge in [-0.1, -0.05) is 51.8 Å². The topological polar surface area (TPSA) is 206 Å². The number of hydrogen-bond donors (Lipinski definition) is 7. The van der Waals surface area contributed by atoms with Crippen molar-refractivity contribution in [1.29, 1.82) is 0 Å². The lowest BCUT2D eigenvalue weighted by atomic mass is 9.46. The van der Waals surface area contributed by atoms with Crippen molar-refractivity contribution in [3.05, 3.63) is 23.3 Å². The maximum atomic E-state index is 14.1. The van der Waals surface area contributed by atoms with Gasteiger partial charge in [0, 0.05) is 20.0 Å². The Bertz CT molecular complexity index is 1350. The van der Waals surface area contributed by atoms with Crippen LogP contribution >= 0.6 is 7.60 Å². The quantitative estimate of drug-likeness (QED) is 0.139. The van der Waals surface area contributed by atoms with Gasteiger partial charge in [-0.05, 0) is 67.8 Å². The van der Waals surface area contributed by atoms with Crippen LogP contribution in [0.1, 0.15) is 80.1 Å². The van der Waals surface area contributed by atoms with Crippen LogP contribution in [0, 0.1) is 28.6 Å². The molecule has 2 fully saturated rings. The fraction of sp³-hybridized carbons (Fsp3) is 0.794. The van der Waals surface area contributed by atoms with Crippen molar-refractivity contribution < 1.29 is 48.8 Å². The zero-order valence-corrected chi connectivity index (χ0v) is 30.0. The molecule has 0 spiro atoms. The number of hydrogen-bond acceptors (Lipinski definition) is 9. The van der Waals surface area contributed by atoms with Crippen LogP contribution in [0.25, 0.3) is 0 Å². The molecule has 48 heavy (non-hydrogen) atoms. The standard InChI is InChI=1S/C34H56N3O10P/c1-20(2)22-8-10-24-23(16-22)9-11-27-32(24,4)12-7-13-33(27,5)30(42)36-34(6,31(43)44)19-47-48(45,46)15-14-37-25(17-35-21(3)39)28(40)29(41)26(37)18-38/h9,16,20,24-29,38,40-41H,7-8,10-15,17-19H2,1-6H3,(H,35,39)(H,36,42)(H,43,44)(H,45,46)/t24-,25-,26-,27?,28-,29-,32-,33+,34?/m1/s1. The zero-order chi connectivity index (χ0) is 35.8. The second kappa shape index (κ2) is 14.6. The number of nitrogens with zero attached hydrogens (tertiary/aromatic N) is 1. The Morgan fingerprint density at radius 3 is 2.44 bits per heavy atom. The molecule has 0 bridgehead atoms. The number of aliphatic hydroxyl groups excluding tert-OH is 3. The van der Waals surface area contributed by atoms with Gasteiger partial charge in [0.05, 0.1) is 49.1 Å². The van der Waals surface area contributed by atoms with Gasteiger partial charge in [0.25, 0.3) is 0 Å². The third-order valence-electron chi connectivity index (χ3n) is 11.9. The van der Waals surface area contributed by atoms with E-state index in [0.29, 0.717) is 24.7 Å². The highest BCUT2D eigenvalue weighted by molar-refractivity contribution is 7.52. The molecular formula is C34H56N3O10P. The smallest absolute Gasteiger partial charge is 0.331 e. The molecule has 272 valence electrons. The lowest BCUT2D eigenvalue weighted by Gasteiger charge is -2.58. The largest absolute Gasteiger partial charge is 0.479 e. The summed E-state index contributed by atoms with van der Waals surface area (Å²) < 4.78 is 18.5. The highest BCUT2D eigenvalue weighted by Gasteiger charge is 2.58. The van der Waals surface area contributed by atoms with E-state index in [1.165, 1.54) is 29.9 Å². The lowest BCUT2D eigenvalue weighted by molar-refractivity contribution is -0.155. The van der Waals surface area contributed by atoms with E-state index in [1.54, 1.807) is 0 Å². The Hall–Kier alpha value is -2.12. The first-order valence-electron chi connectivity index (χ1n) is 17.2. The highest BCUT2D eigenvalue weighted by atomic mass is 31.2. The Balaban J connectivity index is 1.45. The van der Waals surface area contributed by atoms with E-state index in [-0.39, 0.29) is 30.3 Å². The second-order valence-electron chi connectivity index (χ2n) is 15.4. The molecular weight excluding hydrogens is 641 g/mol. The first-order valence-corrected chi connectivity index (χ1v) is 19.0. The van der Waals surface area contributed by atoms with Crippen LogP contribution in [0.3, 0.4) is 0 Å². The zero-order valence-electron chi connectivity index (χ0n) is 29.1. The molecule has 4 aliphatic rings. The summed E-state index contributed by atoms with van der Waals surface area (Å²) in [7, 11) is -4.48. The number of nitrogens with one attached hydrogen (secondary N) is 2. The second-order valence-corrected chi connectivity index (χ2v) is 17.4. The van der Waals surface area contributed by atoms with E-state index in [2.05, 4.69) is 43.6 Å². The predicted molar refractivity (Wildman–Crippen MR) is 179 cm³/mol. The molecule has 1 aliphatic heterocycles. The van der Waals surface area contributed by atoms with Gasteiger partial charge in [0.2, 0.25) is 11.8 Å². The lowest BCUT2D eigenvalue weighted by Crippen LogP contribution is -2.62. The minimum absolute atomic E-state index is 0.0134. The summed E-state index contributed by atoms with van der Waals surface area (Å²) >= 11 is 0. The predicted octanol–water partition coefficient (Wildman–Crippen LogP) is 2.19. The number of allylic oxidation sites excluding steroid dienone is 4. The molecule has 7 N–H and O–H groups in total. The summed E-state index contributed by atoms with van der Waals surface area (Å²) in [5, 5.41) is 46.2. The van der Waals surface area contributed by atoms with Crippen molar-refractivity contribution in [2.24, 2.45) is 28.6 Å². The van der Waals surface area contributed by atoms with E-state index >= 15 is 0 Å². The number of carboxylic acids is 1. The number of amides is 2. The van der Waals surface area contributed by atoms with Crippen LogP contribution in [0.2, 0.25) is 0 Å². The molecule has 2 amide bonds. The summed E-state index contributed by atoms with van der Waals surface area (Å²) in [5.41, 5.74) is -0.214. The maximum Gasteiger partial charge on any atom is 0.331 e. The van der Waals surface area contributed by atoms with Gasteiger partial charge < -0.3 is 40.5 Å². The molecule has 13 nitrogen and oxygen atoms in total. The maximum absolute atomic E-state index is 14.1. The van der Waals surface area contributed by atoms with Crippen molar-refractivity contribution in [3.63, 3.8) is 0 Å². The average Bonchev–Trinajstić information content (AvgIpc) is 3.25. The Morgan fingerprint density at radius 2 is 1.83 bits per heavy atom. The molecule has 1 saturated carbocycles. The van der Waals surface area contributed by atoms with Crippen molar-refractivity contribution in [3.8, 4) is 0 Å². The normalized spacial score (nSPS) is 36.1. The summed E-state index contributed by atoms with van der Waals surface area (Å²) in [6.45, 7) is 9.53. The van der Waals surface area contributed by atoms with Gasteiger partial charge in [-0.3, -0.25) is 19.1 Å². The van der Waals surface area contributed by atoms with Crippen LogP contribution in [0.4, 0.5) is 0 Å². The summed E-state index contributed by atoms with van der Waals surface area (Å²) in [4.78, 5) is 50.3. The Labute approximate surface area is 283 Å². The number of fused-ring (bicyclic) bond motifs is 3. The molecule has 1 heterocycles. The monoisotopic (exact) mass is 697 g/mol. The van der Waals surface area contributed by atoms with Gasteiger partial charge in [-0.25, -0.2) is 4.79 Å². The van der Waals surface area contributed by atoms with Crippen LogP contribution in [-0.4, -0.2) is 110 Å². The average molecular weight is 698 g/mol. The number of carbonyl (C=O) groups excluding carboxylic acids is 2. The summed E-state index contributed by atoms with van der Waals surface area (Å²) in [6, 6.07) is -1.81. The number of carbonyl (C=O) groups is 3. The van der Waals surface area contributed by atoms with Crippen molar-refractivity contribution >= 4 is 25.4 Å². The van der Waals surface area contributed by atoms with Crippen LogP contribution in [-0.2, 0) is 23.5 Å². The van der Waals surface area contributed by atoms with Gasteiger partial charge in [-0.2, -0.15) is 0 Å². The SMILES string of the molecule is CC(=O)NC[C@@H]1[C@@H](O)[C@H](O)[C@@H](CO)N1CCP(=O)(O)OCC(C)(NC(=O)[C@@]1(C)CCC[C@@]2(C)C1CC=C1C=C(C(C)C)CC[C@H]12)C(=O)O. The third kappa shape index (κ3) is 7.62. The summed E-state index contributed by atoms with van der Waals surface area (Å²) in [6.07, 6.45) is 6.54. The minimum Gasteiger partial charge on any atom is -0.479 e. The van der Waals surface area contributed by atoms with E-state index in [0.717, 1.165) is 25.7 Å². The molecule has 14 heteroatoms. The van der Waals surface area contributed by atoms with Gasteiger partial charge in [-0.15, -0.1) is 0 Å². The number of likely N-dealkylation sites (tertiary alicyclic amines) is 1. The first kappa shape index (κ1) is 38.7. The van der Waals surface area contributed by atoms with Gasteiger partial charge in [0.15, 0.2) is 5.54 Å². The Morgan fingerprint density at radius 1 is 1.17 bits per heavy atom. The molecule has 3 aliphatic carbocycles. The van der Waals surface area contributed by atoms with Crippen molar-refractivity contribution in [2.75, 3.05) is 32.5 Å². The summed E-state index contributed by atoms with van der Waals surface area (Å²) in [5.74, 6) is -1.42. The number of carboxylic acid groups (broad SMARTS) is 1. The molecule has 3 unspecified atom stereocenters. The molecule has 0 aromatic heterocycles. The molecule has 0 radical (unpaired) electrons. The van der Waals surface area contributed by atoms with Crippen molar-refractivity contribution in [1.82, 2.24) is 15.5 Å². The van der Waals surface area contributed by atoms with Crippen molar-refractivity contribution in [2.45, 2.75) is 110 Å². The number of aliphatic hydroxyl groups is 3. The van der Waals surface area contributed by atoms with E-state index < -0.39 is 74.1 Å². The molecule has 1 saturated heterocycles. The molecule has 10 atom stereocenters. The Kier molecular flexibility index (Phi) is 11.8. The molecule has 0 aromatic carbocycles. The molecule has 0 aromatic rings. The van der Waals surface area contributed by atoms with Crippen LogP contribution in [0.5, 0.6) is 0 Å². The first-order chi connectivity index (χ1) is 22.3. The van der Waals surface area contributed by atoms with E-state index in [9.17, 15) is 44.3 Å². The van der Waals surface area contributed by atoms with Gasteiger partial charge in [0.1, 0.15) is 0 Å². The number of rotatable bonds is 13. The third-order valence-corrected chi connectivity index (χ3v) is 13.2. The fourth-order valence-corrected chi connectivity index (χ4v) is 9.89. The highest BCUT2D eigenvalue weighted by Crippen LogP contribution is 2.62. The fourth-order valence-electron chi connectivity index (χ4n) is 8.82. The van der Waals surface area contributed by atoms with Crippen LogP contribution < -0.4 is 10.6 Å². The van der Waals surface area contributed by atoms with E-state index in [1.807, 2.05) is 6.92 Å². The minimum atomic E-state index is -4.48. The van der Waals surface area contributed by atoms with Crippen LogP contribution in [0.15, 0.2) is 23.3 Å². The van der Waals surface area contributed by atoms with E-state index in [4.69, 9.17) is 4.52 Å².